The molecule has 0 aliphatic heterocycles. The molecule has 0 heterocycles. The second-order valence-corrected chi connectivity index (χ2v) is 5.72. The average Bonchev–Trinajstić information content (AvgIpc) is 2.57. The Morgan fingerprint density at radius 3 is 1.86 bits per heavy atom. The molecule has 3 aromatic rings. The molecule has 2 nitrogen and oxygen atoms in total. The molecule has 0 bridgehead atoms. The summed E-state index contributed by atoms with van der Waals surface area (Å²) in [4.78, 5) is 5.87. The molecule has 0 saturated heterocycles. The molecular formula is C19H16N2S. The minimum absolute atomic E-state index is 0.851. The summed E-state index contributed by atoms with van der Waals surface area (Å²) in [5, 5.41) is 4.24. The van der Waals surface area contributed by atoms with Gasteiger partial charge >= 0.3 is 0 Å². The summed E-state index contributed by atoms with van der Waals surface area (Å²) < 4.78 is 0. The molecule has 0 unspecified atom stereocenters. The summed E-state index contributed by atoms with van der Waals surface area (Å²) in [6, 6.07) is 30.3. The predicted octanol–water partition coefficient (Wildman–Crippen LogP) is 5.58. The zero-order valence-electron chi connectivity index (χ0n) is 12.0. The number of nitrogens with zero attached hydrogens (tertiary/aromatic N) is 1. The molecule has 0 aliphatic carbocycles. The lowest BCUT2D eigenvalue weighted by Crippen LogP contribution is -2.07. The molecule has 0 aromatic heterocycles. The molecule has 0 atom stereocenters. The lowest BCUT2D eigenvalue weighted by molar-refractivity contribution is 1.47. The summed E-state index contributed by atoms with van der Waals surface area (Å²) in [6.07, 6.45) is 0. The Morgan fingerprint density at radius 1 is 0.682 bits per heavy atom. The Morgan fingerprint density at radius 2 is 1.23 bits per heavy atom. The third-order valence-electron chi connectivity index (χ3n) is 2.97. The van der Waals surface area contributed by atoms with Crippen LogP contribution in [0.1, 0.15) is 0 Å². The first-order valence-corrected chi connectivity index (χ1v) is 7.90. The predicted molar refractivity (Wildman–Crippen MR) is 95.9 cm³/mol. The van der Waals surface area contributed by atoms with E-state index in [1.165, 1.54) is 0 Å². The maximum Gasteiger partial charge on any atom is 0.171 e. The van der Waals surface area contributed by atoms with Gasteiger partial charge in [0, 0.05) is 10.6 Å². The summed E-state index contributed by atoms with van der Waals surface area (Å²) >= 11 is 1.62. The van der Waals surface area contributed by atoms with Crippen molar-refractivity contribution in [3.05, 3.63) is 91.0 Å². The average molecular weight is 304 g/mol. The molecule has 1 N–H and O–H groups in total. The van der Waals surface area contributed by atoms with E-state index >= 15 is 0 Å². The van der Waals surface area contributed by atoms with Gasteiger partial charge in [-0.15, -0.1) is 0 Å². The fraction of sp³-hybridized carbons (Fsp3) is 0. The van der Waals surface area contributed by atoms with Crippen molar-refractivity contribution in [3.63, 3.8) is 0 Å². The van der Waals surface area contributed by atoms with Crippen LogP contribution in [-0.2, 0) is 0 Å². The molecule has 0 amide bonds. The van der Waals surface area contributed by atoms with Gasteiger partial charge in [0.05, 0.1) is 5.69 Å². The number of nitrogens with one attached hydrogen (secondary N) is 1. The highest BCUT2D eigenvalue weighted by molar-refractivity contribution is 8.14. The molecule has 0 fully saturated rings. The minimum atomic E-state index is 0.851. The zero-order chi connectivity index (χ0) is 15.0. The van der Waals surface area contributed by atoms with Crippen molar-refractivity contribution >= 4 is 28.3 Å². The van der Waals surface area contributed by atoms with Gasteiger partial charge in [0.1, 0.15) is 0 Å². The standard InChI is InChI=1S/C19H16N2S/c1-4-10-16(11-5-1)20-19(21-17-12-6-2-7-13-17)22-18-14-8-3-9-15-18/h1-15H,(H,20,21). The van der Waals surface area contributed by atoms with E-state index in [9.17, 15) is 0 Å². The van der Waals surface area contributed by atoms with Crippen molar-refractivity contribution in [2.24, 2.45) is 4.99 Å². The number of para-hydroxylation sites is 2. The molecule has 3 aromatic carbocycles. The van der Waals surface area contributed by atoms with Gasteiger partial charge in [-0.3, -0.25) is 0 Å². The van der Waals surface area contributed by atoms with Gasteiger partial charge in [0.15, 0.2) is 5.17 Å². The topological polar surface area (TPSA) is 24.4 Å². The Labute approximate surface area is 134 Å². The monoisotopic (exact) mass is 304 g/mol. The van der Waals surface area contributed by atoms with Crippen LogP contribution < -0.4 is 5.32 Å². The van der Waals surface area contributed by atoms with Crippen molar-refractivity contribution in [3.8, 4) is 0 Å². The number of amidine groups is 1. The number of benzene rings is 3. The number of hydrogen-bond donors (Lipinski definition) is 1. The van der Waals surface area contributed by atoms with Crippen LogP contribution in [0.4, 0.5) is 11.4 Å². The highest BCUT2D eigenvalue weighted by Crippen LogP contribution is 2.23. The maximum absolute atomic E-state index is 4.72. The lowest BCUT2D eigenvalue weighted by atomic mass is 10.3. The highest BCUT2D eigenvalue weighted by Gasteiger charge is 2.04. The van der Waals surface area contributed by atoms with Gasteiger partial charge in [-0.2, -0.15) is 0 Å². The Balaban J connectivity index is 1.86. The van der Waals surface area contributed by atoms with Crippen molar-refractivity contribution < 1.29 is 0 Å². The van der Waals surface area contributed by atoms with E-state index in [-0.39, 0.29) is 0 Å². The first-order valence-electron chi connectivity index (χ1n) is 7.09. The second kappa shape index (κ2) is 7.48. The molecular weight excluding hydrogens is 288 g/mol. The van der Waals surface area contributed by atoms with Gasteiger partial charge in [-0.05, 0) is 36.4 Å². The smallest absolute Gasteiger partial charge is 0.171 e. The third kappa shape index (κ3) is 4.24. The molecule has 0 radical (unpaired) electrons. The lowest BCUT2D eigenvalue weighted by Gasteiger charge is -2.09. The molecule has 0 saturated carbocycles. The van der Waals surface area contributed by atoms with E-state index in [0.29, 0.717) is 0 Å². The van der Waals surface area contributed by atoms with E-state index in [4.69, 9.17) is 4.99 Å². The summed E-state index contributed by atoms with van der Waals surface area (Å²) in [7, 11) is 0. The normalized spacial score (nSPS) is 11.2. The third-order valence-corrected chi connectivity index (χ3v) is 3.86. The zero-order valence-corrected chi connectivity index (χ0v) is 12.8. The summed E-state index contributed by atoms with van der Waals surface area (Å²) in [5.41, 5.74) is 1.96. The van der Waals surface area contributed by atoms with E-state index in [1.54, 1.807) is 11.8 Å². The molecule has 3 rings (SSSR count). The largest absolute Gasteiger partial charge is 0.334 e. The number of rotatable bonds is 3. The minimum Gasteiger partial charge on any atom is -0.334 e. The first kappa shape index (κ1) is 14.4. The second-order valence-electron chi connectivity index (χ2n) is 4.66. The molecule has 108 valence electrons. The van der Waals surface area contributed by atoms with Crippen molar-refractivity contribution in [1.29, 1.82) is 0 Å². The van der Waals surface area contributed by atoms with Gasteiger partial charge in [0.25, 0.3) is 0 Å². The van der Waals surface area contributed by atoms with Crippen LogP contribution in [0.5, 0.6) is 0 Å². The Bertz CT molecular complexity index is 682. The van der Waals surface area contributed by atoms with Crippen LogP contribution in [0.15, 0.2) is 101 Å². The van der Waals surface area contributed by atoms with Gasteiger partial charge < -0.3 is 5.32 Å². The van der Waals surface area contributed by atoms with Crippen LogP contribution in [-0.4, -0.2) is 5.17 Å². The number of thioether (sulfide) groups is 1. The van der Waals surface area contributed by atoms with Crippen LogP contribution in [0.3, 0.4) is 0 Å². The number of aliphatic imine (C=N–C) groups is 1. The van der Waals surface area contributed by atoms with E-state index in [0.717, 1.165) is 21.4 Å². The molecule has 3 heteroatoms. The van der Waals surface area contributed by atoms with E-state index < -0.39 is 0 Å². The maximum atomic E-state index is 4.72. The van der Waals surface area contributed by atoms with Crippen LogP contribution in [0.25, 0.3) is 0 Å². The van der Waals surface area contributed by atoms with Crippen molar-refractivity contribution in [1.82, 2.24) is 0 Å². The molecule has 22 heavy (non-hydrogen) atoms. The van der Waals surface area contributed by atoms with Gasteiger partial charge in [0.2, 0.25) is 0 Å². The number of hydrogen-bond acceptors (Lipinski definition) is 2. The number of anilines is 1. The Hall–Kier alpha value is -2.52. The fourth-order valence-electron chi connectivity index (χ4n) is 1.94. The van der Waals surface area contributed by atoms with E-state index in [2.05, 4.69) is 17.4 Å². The van der Waals surface area contributed by atoms with Crippen molar-refractivity contribution in [2.45, 2.75) is 4.90 Å². The van der Waals surface area contributed by atoms with Crippen LogP contribution >= 0.6 is 11.8 Å². The van der Waals surface area contributed by atoms with Crippen LogP contribution in [0, 0.1) is 0 Å². The highest BCUT2D eigenvalue weighted by atomic mass is 32.2. The van der Waals surface area contributed by atoms with Crippen molar-refractivity contribution in [2.75, 3.05) is 5.32 Å². The molecule has 0 spiro atoms. The Kier molecular flexibility index (Phi) is 4.90. The van der Waals surface area contributed by atoms with Gasteiger partial charge in [-0.1, -0.05) is 66.4 Å². The quantitative estimate of drug-likeness (QED) is 0.388. The SMILES string of the molecule is c1ccc(N=C(Nc2ccccc2)Sc2ccccc2)cc1. The van der Waals surface area contributed by atoms with E-state index in [1.807, 2.05) is 78.9 Å². The van der Waals surface area contributed by atoms with Crippen LogP contribution in [0.2, 0.25) is 0 Å². The molecule has 0 aliphatic rings. The van der Waals surface area contributed by atoms with Gasteiger partial charge in [-0.25, -0.2) is 4.99 Å². The fourth-order valence-corrected chi connectivity index (χ4v) is 2.78. The summed E-state index contributed by atoms with van der Waals surface area (Å²) in [6.45, 7) is 0. The first-order chi connectivity index (χ1) is 10.9. The summed E-state index contributed by atoms with van der Waals surface area (Å²) in [5.74, 6) is 0.